The summed E-state index contributed by atoms with van der Waals surface area (Å²) in [5, 5.41) is 7.47. The van der Waals surface area contributed by atoms with Gasteiger partial charge in [-0.1, -0.05) is 17.7 Å². The van der Waals surface area contributed by atoms with Gasteiger partial charge >= 0.3 is 0 Å². The van der Waals surface area contributed by atoms with Gasteiger partial charge in [-0.2, -0.15) is 5.10 Å². The molecule has 3 heterocycles. The molecule has 0 bridgehead atoms. The Kier molecular flexibility index (Phi) is 4.95. The molecule has 7 nitrogen and oxygen atoms in total. The van der Waals surface area contributed by atoms with Crippen molar-refractivity contribution < 1.29 is 4.79 Å². The number of anilines is 2. The summed E-state index contributed by atoms with van der Waals surface area (Å²) in [4.78, 5) is 22.6. The van der Waals surface area contributed by atoms with E-state index < -0.39 is 0 Å². The summed E-state index contributed by atoms with van der Waals surface area (Å²) >= 11 is 6.15. The topological polar surface area (TPSA) is 75.9 Å². The Morgan fingerprint density at radius 1 is 1.28 bits per heavy atom. The highest BCUT2D eigenvalue weighted by molar-refractivity contribution is 6.33. The lowest BCUT2D eigenvalue weighted by molar-refractivity contribution is 0.102. The molecule has 0 radical (unpaired) electrons. The Morgan fingerprint density at radius 3 is 2.80 bits per heavy atom. The molecule has 3 aromatic heterocycles. The zero-order valence-electron chi connectivity index (χ0n) is 13.8. The fourth-order valence-electron chi connectivity index (χ4n) is 2.25. The fourth-order valence-corrected chi connectivity index (χ4v) is 2.58. The monoisotopic (exact) mass is 356 g/mol. The molecule has 0 fully saturated rings. The van der Waals surface area contributed by atoms with E-state index in [1.54, 1.807) is 34.1 Å². The first-order valence-corrected chi connectivity index (χ1v) is 7.98. The van der Waals surface area contributed by atoms with Crippen LogP contribution in [-0.4, -0.2) is 39.8 Å². The van der Waals surface area contributed by atoms with Crippen molar-refractivity contribution in [2.45, 2.75) is 6.54 Å². The minimum absolute atomic E-state index is 0.317. The van der Waals surface area contributed by atoms with E-state index in [2.05, 4.69) is 20.4 Å². The first-order chi connectivity index (χ1) is 12.0. The van der Waals surface area contributed by atoms with E-state index in [4.69, 9.17) is 11.6 Å². The second kappa shape index (κ2) is 7.31. The Hall–Kier alpha value is -2.93. The van der Waals surface area contributed by atoms with Crippen LogP contribution in [0.1, 0.15) is 16.1 Å². The number of pyridine rings is 2. The molecule has 8 heteroatoms. The van der Waals surface area contributed by atoms with E-state index in [0.717, 1.165) is 5.69 Å². The van der Waals surface area contributed by atoms with Crippen LogP contribution >= 0.6 is 11.6 Å². The van der Waals surface area contributed by atoms with Crippen molar-refractivity contribution in [1.82, 2.24) is 19.7 Å². The number of carbonyl (C=O) groups is 1. The third-order valence-electron chi connectivity index (χ3n) is 3.44. The quantitative estimate of drug-likeness (QED) is 0.760. The second-order valence-electron chi connectivity index (χ2n) is 5.60. The van der Waals surface area contributed by atoms with Crippen LogP contribution in [0.4, 0.5) is 11.6 Å². The van der Waals surface area contributed by atoms with E-state index in [1.165, 1.54) is 6.20 Å². The van der Waals surface area contributed by atoms with Gasteiger partial charge in [0.2, 0.25) is 0 Å². The largest absolute Gasteiger partial charge is 0.362 e. The van der Waals surface area contributed by atoms with Crippen molar-refractivity contribution in [2.75, 3.05) is 24.3 Å². The zero-order valence-corrected chi connectivity index (χ0v) is 14.6. The van der Waals surface area contributed by atoms with Crippen molar-refractivity contribution in [3.63, 3.8) is 0 Å². The molecule has 3 aromatic rings. The number of rotatable bonds is 5. The maximum absolute atomic E-state index is 12.3. The predicted octanol–water partition coefficient (Wildman–Crippen LogP) is 2.69. The van der Waals surface area contributed by atoms with E-state index in [9.17, 15) is 4.79 Å². The fraction of sp³-hybridized carbons (Fsp3) is 0.176. The van der Waals surface area contributed by atoms with Gasteiger partial charge in [-0.05, 0) is 18.2 Å². The molecule has 128 valence electrons. The molecule has 1 N–H and O–H groups in total. The molecular weight excluding hydrogens is 340 g/mol. The summed E-state index contributed by atoms with van der Waals surface area (Å²) in [6.45, 7) is 0.529. The highest BCUT2D eigenvalue weighted by Crippen LogP contribution is 2.22. The molecule has 0 saturated carbocycles. The smallest absolute Gasteiger partial charge is 0.258 e. The number of carbonyl (C=O) groups excluding carboxylic acids is 1. The lowest BCUT2D eigenvalue weighted by Crippen LogP contribution is -2.15. The van der Waals surface area contributed by atoms with Crippen LogP contribution in [0.15, 0.2) is 48.9 Å². The minimum atomic E-state index is -0.317. The van der Waals surface area contributed by atoms with Crippen LogP contribution in [0.25, 0.3) is 0 Å². The Labute approximate surface area is 150 Å². The van der Waals surface area contributed by atoms with Crippen LogP contribution in [0.2, 0.25) is 5.02 Å². The zero-order chi connectivity index (χ0) is 17.8. The highest BCUT2D eigenvalue weighted by atomic mass is 35.5. The molecule has 25 heavy (non-hydrogen) atoms. The Balaban J connectivity index is 1.68. The van der Waals surface area contributed by atoms with Crippen molar-refractivity contribution in [2.24, 2.45) is 0 Å². The minimum Gasteiger partial charge on any atom is -0.362 e. The van der Waals surface area contributed by atoms with Crippen molar-refractivity contribution in [3.8, 4) is 0 Å². The van der Waals surface area contributed by atoms with Crippen LogP contribution in [0.5, 0.6) is 0 Å². The van der Waals surface area contributed by atoms with E-state index >= 15 is 0 Å². The van der Waals surface area contributed by atoms with Gasteiger partial charge in [0.25, 0.3) is 5.91 Å². The molecular formula is C17H17ClN6O. The highest BCUT2D eigenvalue weighted by Gasteiger charge is 2.12. The molecule has 0 spiro atoms. The summed E-state index contributed by atoms with van der Waals surface area (Å²) in [5.41, 5.74) is 1.26. The van der Waals surface area contributed by atoms with Gasteiger partial charge in [0.05, 0.1) is 22.8 Å². The number of amides is 1. The molecule has 0 aliphatic rings. The standard InChI is InChI=1S/C17H17ClN6O/c1-23(2)16-14(18)9-12(10-20-16)17(25)21-15-6-8-24(22-15)11-13-5-3-4-7-19-13/h3-10H,11H2,1-2H3,(H,21,22,25). The van der Waals surface area contributed by atoms with Crippen LogP contribution < -0.4 is 10.2 Å². The summed E-state index contributed by atoms with van der Waals surface area (Å²) < 4.78 is 1.71. The molecule has 0 unspecified atom stereocenters. The molecule has 0 aromatic carbocycles. The normalized spacial score (nSPS) is 10.5. The predicted molar refractivity (Wildman–Crippen MR) is 97.1 cm³/mol. The van der Waals surface area contributed by atoms with Crippen molar-refractivity contribution in [3.05, 3.63) is 65.2 Å². The number of hydrogen-bond acceptors (Lipinski definition) is 5. The first-order valence-electron chi connectivity index (χ1n) is 7.60. The van der Waals surface area contributed by atoms with Gasteiger partial charge in [-0.15, -0.1) is 0 Å². The van der Waals surface area contributed by atoms with Crippen LogP contribution in [0.3, 0.4) is 0 Å². The molecule has 0 aliphatic carbocycles. The van der Waals surface area contributed by atoms with Gasteiger partial charge in [0.15, 0.2) is 5.82 Å². The van der Waals surface area contributed by atoms with Gasteiger partial charge in [0.1, 0.15) is 5.82 Å². The van der Waals surface area contributed by atoms with E-state index in [1.807, 2.05) is 32.3 Å². The van der Waals surface area contributed by atoms with Crippen LogP contribution in [0, 0.1) is 0 Å². The summed E-state index contributed by atoms with van der Waals surface area (Å²) in [6.07, 6.45) is 5.00. The van der Waals surface area contributed by atoms with Crippen molar-refractivity contribution >= 4 is 29.1 Å². The molecule has 1 amide bonds. The lowest BCUT2D eigenvalue weighted by Gasteiger charge is -2.13. The first kappa shape index (κ1) is 16.9. The molecule has 0 atom stereocenters. The maximum atomic E-state index is 12.3. The molecule has 0 aliphatic heterocycles. The van der Waals surface area contributed by atoms with E-state index in [-0.39, 0.29) is 5.91 Å². The number of nitrogens with zero attached hydrogens (tertiary/aromatic N) is 5. The Bertz CT molecular complexity index is 878. The third-order valence-corrected chi connectivity index (χ3v) is 3.72. The van der Waals surface area contributed by atoms with Gasteiger partial charge in [0, 0.05) is 38.8 Å². The van der Waals surface area contributed by atoms with Crippen LogP contribution in [-0.2, 0) is 6.54 Å². The lowest BCUT2D eigenvalue weighted by atomic mass is 10.2. The van der Waals surface area contributed by atoms with Gasteiger partial charge < -0.3 is 10.2 Å². The average molecular weight is 357 g/mol. The third kappa shape index (κ3) is 4.13. The average Bonchev–Trinajstić information content (AvgIpc) is 3.02. The molecule has 0 saturated heterocycles. The van der Waals surface area contributed by atoms with Gasteiger partial charge in [-0.3, -0.25) is 14.5 Å². The summed E-state index contributed by atoms with van der Waals surface area (Å²) in [7, 11) is 3.67. The molecule has 3 rings (SSSR count). The second-order valence-corrected chi connectivity index (χ2v) is 6.00. The SMILES string of the molecule is CN(C)c1ncc(C(=O)Nc2ccn(Cc3ccccn3)n2)cc1Cl. The summed E-state index contributed by atoms with van der Waals surface area (Å²) in [6, 6.07) is 9.01. The van der Waals surface area contributed by atoms with E-state index in [0.29, 0.717) is 28.8 Å². The number of hydrogen-bond donors (Lipinski definition) is 1. The maximum Gasteiger partial charge on any atom is 0.258 e. The van der Waals surface area contributed by atoms with Crippen molar-refractivity contribution in [1.29, 1.82) is 0 Å². The number of aromatic nitrogens is 4. The summed E-state index contributed by atoms with van der Waals surface area (Å²) in [5.74, 6) is 0.745. The van der Waals surface area contributed by atoms with Gasteiger partial charge in [-0.25, -0.2) is 4.98 Å². The Morgan fingerprint density at radius 2 is 2.12 bits per heavy atom. The number of nitrogens with one attached hydrogen (secondary N) is 1. The number of halogens is 1.